The van der Waals surface area contributed by atoms with Crippen molar-refractivity contribution >= 4 is 33.4 Å². The Labute approximate surface area is 183 Å². The summed E-state index contributed by atoms with van der Waals surface area (Å²) in [5, 5.41) is 1.72. The molecule has 2 heterocycles. The normalized spacial score (nSPS) is 23.2. The van der Waals surface area contributed by atoms with Crippen LogP contribution < -0.4 is 5.06 Å². The molecule has 0 bridgehead atoms. The standard InChI is InChI=1S/C24H19BrN2O3/c25-18-13-11-17(12-14-18)21-20-22(30-27(21)19-9-5-2-6-10-19)24(29)26(23(20)28)15-16-7-3-1-4-8-16/h1-14,20-22H,15H2/t20-,21+,22+/m1/s1. The minimum atomic E-state index is -0.824. The Kier molecular flexibility index (Phi) is 4.89. The molecular formula is C24H19BrN2O3. The first-order valence-corrected chi connectivity index (χ1v) is 10.6. The van der Waals surface area contributed by atoms with Crippen LogP contribution in [0.3, 0.4) is 0 Å². The molecule has 150 valence electrons. The Morgan fingerprint density at radius 3 is 2.10 bits per heavy atom. The van der Waals surface area contributed by atoms with Crippen LogP contribution in [0.25, 0.3) is 0 Å². The third kappa shape index (κ3) is 3.22. The van der Waals surface area contributed by atoms with Gasteiger partial charge in [0.25, 0.3) is 5.91 Å². The minimum Gasteiger partial charge on any atom is -0.275 e. The van der Waals surface area contributed by atoms with E-state index >= 15 is 0 Å². The van der Waals surface area contributed by atoms with Gasteiger partial charge in [0, 0.05) is 4.47 Å². The summed E-state index contributed by atoms with van der Waals surface area (Å²) in [6, 6.07) is 26.6. The predicted molar refractivity (Wildman–Crippen MR) is 116 cm³/mol. The van der Waals surface area contributed by atoms with Gasteiger partial charge in [-0.3, -0.25) is 19.3 Å². The van der Waals surface area contributed by atoms with Crippen molar-refractivity contribution in [3.05, 3.63) is 101 Å². The van der Waals surface area contributed by atoms with Gasteiger partial charge in [0.2, 0.25) is 5.91 Å². The van der Waals surface area contributed by atoms with E-state index < -0.39 is 12.0 Å². The number of hydroxylamine groups is 1. The molecular weight excluding hydrogens is 444 g/mol. The zero-order chi connectivity index (χ0) is 20.7. The summed E-state index contributed by atoms with van der Waals surface area (Å²) in [5.74, 6) is -1.07. The number of para-hydroxylation sites is 1. The quantitative estimate of drug-likeness (QED) is 0.535. The molecule has 0 radical (unpaired) electrons. The first kappa shape index (κ1) is 19.0. The fourth-order valence-electron chi connectivity index (χ4n) is 4.19. The number of rotatable bonds is 4. The van der Waals surface area contributed by atoms with Crippen LogP contribution in [-0.2, 0) is 21.0 Å². The maximum atomic E-state index is 13.4. The second kappa shape index (κ2) is 7.70. The van der Waals surface area contributed by atoms with Crippen LogP contribution in [0, 0.1) is 5.92 Å². The number of likely N-dealkylation sites (tertiary alicyclic amines) is 1. The van der Waals surface area contributed by atoms with E-state index in [2.05, 4.69) is 15.9 Å². The lowest BCUT2D eigenvalue weighted by Gasteiger charge is -2.28. The second-order valence-corrected chi connectivity index (χ2v) is 8.37. The maximum absolute atomic E-state index is 13.4. The van der Waals surface area contributed by atoms with E-state index in [9.17, 15) is 9.59 Å². The Balaban J connectivity index is 1.52. The van der Waals surface area contributed by atoms with Crippen molar-refractivity contribution in [3.63, 3.8) is 0 Å². The van der Waals surface area contributed by atoms with Crippen LogP contribution in [0.15, 0.2) is 89.4 Å². The van der Waals surface area contributed by atoms with Crippen LogP contribution in [0.2, 0.25) is 0 Å². The Hall–Kier alpha value is -2.96. The van der Waals surface area contributed by atoms with Crippen molar-refractivity contribution in [1.82, 2.24) is 4.90 Å². The number of benzene rings is 3. The van der Waals surface area contributed by atoms with Crippen molar-refractivity contribution in [2.24, 2.45) is 5.92 Å². The summed E-state index contributed by atoms with van der Waals surface area (Å²) < 4.78 is 0.951. The molecule has 2 aliphatic heterocycles. The average Bonchev–Trinajstić information content (AvgIpc) is 3.28. The molecule has 0 aromatic heterocycles. The number of fused-ring (bicyclic) bond motifs is 1. The monoisotopic (exact) mass is 462 g/mol. The smallest absolute Gasteiger partial charge is 0.262 e. The molecule has 5 rings (SSSR count). The highest BCUT2D eigenvalue weighted by Crippen LogP contribution is 2.47. The van der Waals surface area contributed by atoms with Gasteiger partial charge in [-0.25, -0.2) is 5.06 Å². The highest BCUT2D eigenvalue weighted by atomic mass is 79.9. The molecule has 3 aromatic carbocycles. The SMILES string of the molecule is O=C1[C@H]2[C@H](ON(c3ccccc3)[C@H]2c2ccc(Br)cc2)C(=O)N1Cc1ccccc1. The minimum absolute atomic E-state index is 0.194. The van der Waals surface area contributed by atoms with E-state index in [1.807, 2.05) is 84.9 Å². The zero-order valence-electron chi connectivity index (χ0n) is 16.0. The number of hydrogen-bond acceptors (Lipinski definition) is 4. The Morgan fingerprint density at radius 2 is 1.43 bits per heavy atom. The second-order valence-electron chi connectivity index (χ2n) is 7.46. The molecule has 6 heteroatoms. The molecule has 2 amide bonds. The average molecular weight is 463 g/mol. The number of amides is 2. The molecule has 2 aliphatic rings. The lowest BCUT2D eigenvalue weighted by atomic mass is 9.90. The summed E-state index contributed by atoms with van der Waals surface area (Å²) >= 11 is 3.46. The molecule has 0 spiro atoms. The van der Waals surface area contributed by atoms with Crippen molar-refractivity contribution in [2.45, 2.75) is 18.7 Å². The highest BCUT2D eigenvalue weighted by molar-refractivity contribution is 9.10. The van der Waals surface area contributed by atoms with E-state index in [1.54, 1.807) is 5.06 Å². The fourth-order valence-corrected chi connectivity index (χ4v) is 4.46. The number of carbonyl (C=O) groups is 2. The number of hydrogen-bond donors (Lipinski definition) is 0. The summed E-state index contributed by atoms with van der Waals surface area (Å²) in [5.41, 5.74) is 2.66. The summed E-state index contributed by atoms with van der Waals surface area (Å²) in [6.07, 6.45) is -0.824. The van der Waals surface area contributed by atoms with E-state index in [-0.39, 0.29) is 24.4 Å². The van der Waals surface area contributed by atoms with Gasteiger partial charge in [-0.2, -0.15) is 0 Å². The highest BCUT2D eigenvalue weighted by Gasteiger charge is 2.59. The number of halogens is 1. The number of nitrogens with zero attached hydrogens (tertiary/aromatic N) is 2. The summed E-state index contributed by atoms with van der Waals surface area (Å²) in [4.78, 5) is 34.0. The van der Waals surface area contributed by atoms with Gasteiger partial charge in [0.05, 0.1) is 18.3 Å². The molecule has 0 aliphatic carbocycles. The third-order valence-corrected chi connectivity index (χ3v) is 6.14. The lowest BCUT2D eigenvalue weighted by molar-refractivity contribution is -0.143. The molecule has 2 saturated heterocycles. The summed E-state index contributed by atoms with van der Waals surface area (Å²) in [7, 11) is 0. The molecule has 3 aromatic rings. The van der Waals surface area contributed by atoms with Crippen LogP contribution >= 0.6 is 15.9 Å². The van der Waals surface area contributed by atoms with Crippen LogP contribution in [0.4, 0.5) is 5.69 Å². The van der Waals surface area contributed by atoms with E-state index in [0.717, 1.165) is 21.3 Å². The van der Waals surface area contributed by atoms with Crippen molar-refractivity contribution < 1.29 is 14.4 Å². The van der Waals surface area contributed by atoms with Crippen molar-refractivity contribution in [3.8, 4) is 0 Å². The van der Waals surface area contributed by atoms with Crippen LogP contribution in [0.5, 0.6) is 0 Å². The molecule has 3 atom stereocenters. The molecule has 0 N–H and O–H groups in total. The zero-order valence-corrected chi connectivity index (χ0v) is 17.6. The van der Waals surface area contributed by atoms with Gasteiger partial charge < -0.3 is 0 Å². The maximum Gasteiger partial charge on any atom is 0.262 e. The van der Waals surface area contributed by atoms with Gasteiger partial charge >= 0.3 is 0 Å². The molecule has 0 unspecified atom stereocenters. The number of imide groups is 1. The first-order chi connectivity index (χ1) is 14.6. The van der Waals surface area contributed by atoms with Gasteiger partial charge in [-0.1, -0.05) is 76.6 Å². The van der Waals surface area contributed by atoms with Gasteiger partial charge in [0.1, 0.15) is 5.92 Å². The van der Waals surface area contributed by atoms with Gasteiger partial charge in [-0.05, 0) is 35.4 Å². The fraction of sp³-hybridized carbons (Fsp3) is 0.167. The van der Waals surface area contributed by atoms with Gasteiger partial charge in [-0.15, -0.1) is 0 Å². The van der Waals surface area contributed by atoms with E-state index in [1.165, 1.54) is 4.90 Å². The predicted octanol–water partition coefficient (Wildman–Crippen LogP) is 4.50. The number of carbonyl (C=O) groups excluding carboxylic acids is 2. The molecule has 2 fully saturated rings. The largest absolute Gasteiger partial charge is 0.275 e. The van der Waals surface area contributed by atoms with Crippen molar-refractivity contribution in [1.29, 1.82) is 0 Å². The Bertz CT molecular complexity index is 1070. The molecule has 0 saturated carbocycles. The van der Waals surface area contributed by atoms with Gasteiger partial charge in [0.15, 0.2) is 6.10 Å². The Morgan fingerprint density at radius 1 is 0.800 bits per heavy atom. The first-order valence-electron chi connectivity index (χ1n) is 9.79. The number of anilines is 1. The summed E-state index contributed by atoms with van der Waals surface area (Å²) in [6.45, 7) is 0.257. The lowest BCUT2D eigenvalue weighted by Crippen LogP contribution is -2.36. The van der Waals surface area contributed by atoms with Crippen LogP contribution in [0.1, 0.15) is 17.2 Å². The van der Waals surface area contributed by atoms with Crippen molar-refractivity contribution in [2.75, 3.05) is 5.06 Å². The van der Waals surface area contributed by atoms with E-state index in [0.29, 0.717) is 0 Å². The third-order valence-electron chi connectivity index (χ3n) is 5.61. The van der Waals surface area contributed by atoms with Crippen LogP contribution in [-0.4, -0.2) is 22.8 Å². The van der Waals surface area contributed by atoms with E-state index in [4.69, 9.17) is 4.84 Å². The molecule has 5 nitrogen and oxygen atoms in total. The molecule has 30 heavy (non-hydrogen) atoms. The topological polar surface area (TPSA) is 49.9 Å².